The number of nitrogens with one attached hydrogen (secondary N) is 1. The van der Waals surface area contributed by atoms with Gasteiger partial charge in [0.2, 0.25) is 0 Å². The first-order valence-corrected chi connectivity index (χ1v) is 7.04. The zero-order valence-corrected chi connectivity index (χ0v) is 11.1. The molecule has 0 aliphatic carbocycles. The molecule has 0 spiro atoms. The van der Waals surface area contributed by atoms with Crippen molar-refractivity contribution in [1.82, 2.24) is 4.98 Å². The van der Waals surface area contributed by atoms with E-state index in [1.54, 1.807) is 0 Å². The molecule has 0 saturated heterocycles. The monoisotopic (exact) mass is 274 g/mol. The molecule has 0 unspecified atom stereocenters. The second-order valence-electron chi connectivity index (χ2n) is 3.45. The van der Waals surface area contributed by atoms with Gasteiger partial charge in [-0.1, -0.05) is 11.6 Å². The van der Waals surface area contributed by atoms with Gasteiger partial charge in [-0.05, 0) is 30.9 Å². The molecule has 0 bridgehead atoms. The number of halogens is 1. The molecule has 17 heavy (non-hydrogen) atoms. The van der Waals surface area contributed by atoms with Gasteiger partial charge in [0, 0.05) is 12.7 Å². The zero-order valence-electron chi connectivity index (χ0n) is 9.57. The smallest absolute Gasteiger partial charge is 0.337 e. The average Bonchev–Trinajstić information content (AvgIpc) is 2.30. The minimum absolute atomic E-state index is 0.0771. The lowest BCUT2D eigenvalue weighted by Gasteiger charge is -2.08. The first-order valence-electron chi connectivity index (χ1n) is 5.27. The second-order valence-corrected chi connectivity index (χ2v) is 4.82. The van der Waals surface area contributed by atoms with Crippen molar-refractivity contribution >= 4 is 35.1 Å². The first kappa shape index (κ1) is 14.1. The summed E-state index contributed by atoms with van der Waals surface area (Å²) in [5, 5.41) is 12.1. The summed E-state index contributed by atoms with van der Waals surface area (Å²) in [6.07, 6.45) is 5.64. The molecule has 0 atom stereocenters. The van der Waals surface area contributed by atoms with Gasteiger partial charge in [0.15, 0.2) is 0 Å². The molecule has 0 aliphatic rings. The second kappa shape index (κ2) is 7.40. The summed E-state index contributed by atoms with van der Waals surface area (Å²) < 4.78 is 0. The number of hydrogen-bond acceptors (Lipinski definition) is 4. The number of thioether (sulfide) groups is 1. The maximum atomic E-state index is 10.8. The molecular weight excluding hydrogens is 260 g/mol. The SMILES string of the molecule is CSCCCCNc1nccc(C(=O)O)c1Cl. The largest absolute Gasteiger partial charge is 0.478 e. The van der Waals surface area contributed by atoms with Gasteiger partial charge in [0.05, 0.1) is 10.6 Å². The zero-order chi connectivity index (χ0) is 12.7. The third kappa shape index (κ3) is 4.44. The van der Waals surface area contributed by atoms with E-state index in [1.165, 1.54) is 12.3 Å². The number of nitrogens with zero attached hydrogens (tertiary/aromatic N) is 1. The fourth-order valence-corrected chi connectivity index (χ4v) is 2.06. The molecule has 0 radical (unpaired) electrons. The molecule has 0 amide bonds. The quantitative estimate of drug-likeness (QED) is 0.749. The topological polar surface area (TPSA) is 62.2 Å². The summed E-state index contributed by atoms with van der Waals surface area (Å²) >= 11 is 7.74. The molecule has 1 rings (SSSR count). The Labute approximate surface area is 110 Å². The van der Waals surface area contributed by atoms with Crippen LogP contribution >= 0.6 is 23.4 Å². The van der Waals surface area contributed by atoms with E-state index >= 15 is 0 Å². The molecule has 0 aromatic carbocycles. The molecule has 0 saturated carbocycles. The molecule has 6 heteroatoms. The van der Waals surface area contributed by atoms with E-state index < -0.39 is 5.97 Å². The number of carboxylic acid groups (broad SMARTS) is 1. The number of pyridine rings is 1. The van der Waals surface area contributed by atoms with Crippen molar-refractivity contribution < 1.29 is 9.90 Å². The van der Waals surface area contributed by atoms with Crippen LogP contribution in [0, 0.1) is 0 Å². The summed E-state index contributed by atoms with van der Waals surface area (Å²) in [7, 11) is 0. The van der Waals surface area contributed by atoms with E-state index in [0.29, 0.717) is 5.82 Å². The minimum Gasteiger partial charge on any atom is -0.478 e. The van der Waals surface area contributed by atoms with Crippen LogP contribution in [0.2, 0.25) is 5.02 Å². The van der Waals surface area contributed by atoms with Crippen LogP contribution in [0.4, 0.5) is 5.82 Å². The number of carboxylic acids is 1. The van der Waals surface area contributed by atoms with Gasteiger partial charge in [0.25, 0.3) is 0 Å². The van der Waals surface area contributed by atoms with Gasteiger partial charge in [0.1, 0.15) is 5.82 Å². The van der Waals surface area contributed by atoms with Crippen LogP contribution in [0.5, 0.6) is 0 Å². The molecule has 1 aromatic rings. The van der Waals surface area contributed by atoms with Gasteiger partial charge in [-0.25, -0.2) is 9.78 Å². The highest BCUT2D eigenvalue weighted by molar-refractivity contribution is 7.98. The highest BCUT2D eigenvalue weighted by Crippen LogP contribution is 2.23. The van der Waals surface area contributed by atoms with Crippen LogP contribution in [0.1, 0.15) is 23.2 Å². The van der Waals surface area contributed by atoms with Crippen molar-refractivity contribution in [3.8, 4) is 0 Å². The highest BCUT2D eigenvalue weighted by Gasteiger charge is 2.12. The number of aromatic nitrogens is 1. The van der Waals surface area contributed by atoms with Gasteiger partial charge in [-0.15, -0.1) is 0 Å². The van der Waals surface area contributed by atoms with E-state index in [1.807, 2.05) is 11.8 Å². The molecule has 1 heterocycles. The standard InChI is InChI=1S/C11H15ClN2O2S/c1-17-7-3-2-5-13-10-9(12)8(11(15)16)4-6-14-10/h4,6H,2-3,5,7H2,1H3,(H,13,14)(H,15,16). The third-order valence-electron chi connectivity index (χ3n) is 2.19. The van der Waals surface area contributed by atoms with Crippen LogP contribution < -0.4 is 5.32 Å². The minimum atomic E-state index is -1.04. The maximum Gasteiger partial charge on any atom is 0.337 e. The fourth-order valence-electron chi connectivity index (χ4n) is 1.31. The van der Waals surface area contributed by atoms with E-state index in [4.69, 9.17) is 16.7 Å². The Morgan fingerprint density at radius 3 is 3.00 bits per heavy atom. The predicted molar refractivity (Wildman–Crippen MR) is 72.3 cm³/mol. The van der Waals surface area contributed by atoms with Crippen LogP contribution in [-0.2, 0) is 0 Å². The van der Waals surface area contributed by atoms with Crippen molar-refractivity contribution in [2.75, 3.05) is 23.9 Å². The van der Waals surface area contributed by atoms with Crippen LogP contribution in [0.15, 0.2) is 12.3 Å². The van der Waals surface area contributed by atoms with Crippen molar-refractivity contribution in [2.24, 2.45) is 0 Å². The molecule has 4 nitrogen and oxygen atoms in total. The van der Waals surface area contributed by atoms with E-state index in [-0.39, 0.29) is 10.6 Å². The van der Waals surface area contributed by atoms with Crippen molar-refractivity contribution in [3.63, 3.8) is 0 Å². The predicted octanol–water partition coefficient (Wildman–Crippen LogP) is 2.99. The molecule has 0 fully saturated rings. The number of aromatic carboxylic acids is 1. The summed E-state index contributed by atoms with van der Waals surface area (Å²) in [5.41, 5.74) is 0.0771. The number of anilines is 1. The van der Waals surface area contributed by atoms with Crippen LogP contribution in [-0.4, -0.2) is 34.6 Å². The maximum absolute atomic E-state index is 10.8. The Bertz CT molecular complexity index is 388. The number of unbranched alkanes of at least 4 members (excludes halogenated alkanes) is 1. The van der Waals surface area contributed by atoms with E-state index in [2.05, 4.69) is 16.6 Å². The Kier molecular flexibility index (Phi) is 6.15. The van der Waals surface area contributed by atoms with Gasteiger partial charge in [-0.2, -0.15) is 11.8 Å². The lowest BCUT2D eigenvalue weighted by Crippen LogP contribution is -2.07. The van der Waals surface area contributed by atoms with Crippen molar-refractivity contribution in [1.29, 1.82) is 0 Å². The summed E-state index contributed by atoms with van der Waals surface area (Å²) in [5.74, 6) is 0.524. The molecule has 94 valence electrons. The van der Waals surface area contributed by atoms with Crippen molar-refractivity contribution in [2.45, 2.75) is 12.8 Å². The van der Waals surface area contributed by atoms with E-state index in [0.717, 1.165) is 25.1 Å². The Balaban J connectivity index is 2.54. The van der Waals surface area contributed by atoms with Gasteiger partial charge < -0.3 is 10.4 Å². The Hall–Kier alpha value is -0.940. The number of hydrogen-bond donors (Lipinski definition) is 2. The van der Waals surface area contributed by atoms with Crippen LogP contribution in [0.3, 0.4) is 0 Å². The Morgan fingerprint density at radius 1 is 1.59 bits per heavy atom. The van der Waals surface area contributed by atoms with E-state index in [9.17, 15) is 4.79 Å². The average molecular weight is 275 g/mol. The third-order valence-corrected chi connectivity index (χ3v) is 3.27. The summed E-state index contributed by atoms with van der Waals surface area (Å²) in [6.45, 7) is 0.746. The molecule has 0 aliphatic heterocycles. The molecule has 1 aromatic heterocycles. The lowest BCUT2D eigenvalue weighted by atomic mass is 10.2. The molecule has 2 N–H and O–H groups in total. The summed E-state index contributed by atoms with van der Waals surface area (Å²) in [4.78, 5) is 14.9. The molecular formula is C11H15ClN2O2S. The normalized spacial score (nSPS) is 10.2. The van der Waals surface area contributed by atoms with Gasteiger partial charge >= 0.3 is 5.97 Å². The summed E-state index contributed by atoms with van der Waals surface area (Å²) in [6, 6.07) is 1.39. The highest BCUT2D eigenvalue weighted by atomic mass is 35.5. The fraction of sp³-hybridized carbons (Fsp3) is 0.455. The van der Waals surface area contributed by atoms with Gasteiger partial charge in [-0.3, -0.25) is 0 Å². The van der Waals surface area contributed by atoms with Crippen molar-refractivity contribution in [3.05, 3.63) is 22.8 Å². The Morgan fingerprint density at radius 2 is 2.35 bits per heavy atom. The number of rotatable bonds is 7. The lowest BCUT2D eigenvalue weighted by molar-refractivity contribution is 0.0697. The number of carbonyl (C=O) groups is 1. The van der Waals surface area contributed by atoms with Crippen LogP contribution in [0.25, 0.3) is 0 Å². The first-order chi connectivity index (χ1) is 8.16.